The Balaban J connectivity index is 2.14. The van der Waals surface area contributed by atoms with Gasteiger partial charge >= 0.3 is 5.97 Å². The van der Waals surface area contributed by atoms with E-state index in [1.165, 1.54) is 0 Å². The minimum absolute atomic E-state index is 0.294. The number of rotatable bonds is 4. The minimum atomic E-state index is -1.00. The molecule has 0 amide bonds. The van der Waals surface area contributed by atoms with E-state index in [0.717, 1.165) is 28.1 Å². The first-order chi connectivity index (χ1) is 13.5. The number of ether oxygens (including phenoxy) is 1. The first-order valence-electron chi connectivity index (χ1n) is 9.33. The van der Waals surface area contributed by atoms with E-state index >= 15 is 0 Å². The number of hydrogen-bond donors (Lipinski definition) is 0. The molecular formula is C24H24N2O2. The molecule has 0 unspecified atom stereocenters. The van der Waals surface area contributed by atoms with Gasteiger partial charge in [0.25, 0.3) is 0 Å². The molecule has 0 bridgehead atoms. The van der Waals surface area contributed by atoms with Gasteiger partial charge in [0.1, 0.15) is 0 Å². The Morgan fingerprint density at radius 2 is 1.07 bits per heavy atom. The maximum absolute atomic E-state index is 12.9. The number of anilines is 2. The molecule has 4 heteroatoms. The normalized spacial score (nSPS) is 14.4. The first-order valence-corrected chi connectivity index (χ1v) is 9.33. The molecular weight excluding hydrogens is 348 g/mol. The van der Waals surface area contributed by atoms with Crippen LogP contribution in [0.4, 0.5) is 11.4 Å². The van der Waals surface area contributed by atoms with E-state index in [0.29, 0.717) is 5.56 Å². The quantitative estimate of drug-likeness (QED) is 0.640. The molecule has 0 aromatic heterocycles. The monoisotopic (exact) mass is 372 g/mol. The topological polar surface area (TPSA) is 32.8 Å². The summed E-state index contributed by atoms with van der Waals surface area (Å²) < 4.78 is 6.28. The third-order valence-electron chi connectivity index (χ3n) is 5.30. The SMILES string of the molecule is CN(C)c1ccccc1C1(c2ccccc2N(C)C)OC(=O)c2ccccc21. The van der Waals surface area contributed by atoms with Crippen molar-refractivity contribution in [2.24, 2.45) is 0 Å². The summed E-state index contributed by atoms with van der Waals surface area (Å²) in [6.45, 7) is 0. The zero-order valence-electron chi connectivity index (χ0n) is 16.6. The van der Waals surface area contributed by atoms with Crippen LogP contribution in [0.1, 0.15) is 27.0 Å². The van der Waals surface area contributed by atoms with Gasteiger partial charge in [-0.05, 0) is 18.2 Å². The largest absolute Gasteiger partial charge is 0.440 e. The number of para-hydroxylation sites is 2. The summed E-state index contributed by atoms with van der Waals surface area (Å²) >= 11 is 0. The van der Waals surface area contributed by atoms with Crippen molar-refractivity contribution < 1.29 is 9.53 Å². The Hall–Kier alpha value is -3.27. The van der Waals surface area contributed by atoms with Gasteiger partial charge in [-0.1, -0.05) is 54.6 Å². The molecule has 1 heterocycles. The van der Waals surface area contributed by atoms with Crippen molar-refractivity contribution >= 4 is 17.3 Å². The molecule has 0 saturated heterocycles. The molecule has 4 rings (SSSR count). The van der Waals surface area contributed by atoms with Gasteiger partial charge in [-0.25, -0.2) is 4.79 Å². The lowest BCUT2D eigenvalue weighted by Crippen LogP contribution is -2.33. The minimum Gasteiger partial charge on any atom is -0.440 e. The van der Waals surface area contributed by atoms with Crippen molar-refractivity contribution in [1.82, 2.24) is 0 Å². The summed E-state index contributed by atoms with van der Waals surface area (Å²) in [7, 11) is 8.03. The Labute approximate surface area is 166 Å². The van der Waals surface area contributed by atoms with Crippen LogP contribution in [0.25, 0.3) is 0 Å². The first kappa shape index (κ1) is 18.1. The summed E-state index contributed by atoms with van der Waals surface area (Å²) in [6, 6.07) is 23.9. The molecule has 1 aliphatic rings. The van der Waals surface area contributed by atoms with E-state index in [4.69, 9.17) is 4.74 Å². The lowest BCUT2D eigenvalue weighted by Gasteiger charge is -2.35. The third kappa shape index (κ3) is 2.56. The summed E-state index contributed by atoms with van der Waals surface area (Å²) in [5, 5.41) is 0. The molecule has 0 spiro atoms. The average Bonchev–Trinajstić information content (AvgIpc) is 3.01. The van der Waals surface area contributed by atoms with Crippen LogP contribution in [-0.2, 0) is 10.3 Å². The van der Waals surface area contributed by atoms with Crippen LogP contribution >= 0.6 is 0 Å². The maximum Gasteiger partial charge on any atom is 0.340 e. The highest BCUT2D eigenvalue weighted by atomic mass is 16.6. The molecule has 0 saturated carbocycles. The second kappa shape index (κ2) is 6.71. The Morgan fingerprint density at radius 3 is 1.57 bits per heavy atom. The number of carbonyl (C=O) groups is 1. The summed E-state index contributed by atoms with van der Waals surface area (Å²) in [4.78, 5) is 17.1. The highest BCUT2D eigenvalue weighted by molar-refractivity contribution is 5.97. The predicted molar refractivity (Wildman–Crippen MR) is 113 cm³/mol. The van der Waals surface area contributed by atoms with Gasteiger partial charge < -0.3 is 14.5 Å². The molecule has 0 atom stereocenters. The molecule has 0 fully saturated rings. The zero-order chi connectivity index (χ0) is 19.9. The molecule has 3 aromatic carbocycles. The van der Waals surface area contributed by atoms with E-state index in [9.17, 15) is 4.79 Å². The highest BCUT2D eigenvalue weighted by Gasteiger charge is 2.50. The summed E-state index contributed by atoms with van der Waals surface area (Å²) in [6.07, 6.45) is 0. The van der Waals surface area contributed by atoms with Crippen molar-refractivity contribution in [2.75, 3.05) is 38.0 Å². The maximum atomic E-state index is 12.9. The third-order valence-corrected chi connectivity index (χ3v) is 5.30. The average molecular weight is 372 g/mol. The molecule has 0 radical (unpaired) electrons. The molecule has 0 aliphatic carbocycles. The lowest BCUT2D eigenvalue weighted by atomic mass is 9.78. The molecule has 0 N–H and O–H groups in total. The van der Waals surface area contributed by atoms with Crippen molar-refractivity contribution in [3.05, 3.63) is 95.1 Å². The van der Waals surface area contributed by atoms with Crippen LogP contribution in [0.3, 0.4) is 0 Å². The zero-order valence-corrected chi connectivity index (χ0v) is 16.6. The van der Waals surface area contributed by atoms with Gasteiger partial charge in [0.05, 0.1) is 5.56 Å². The fourth-order valence-corrected chi connectivity index (χ4v) is 4.08. The van der Waals surface area contributed by atoms with E-state index < -0.39 is 5.60 Å². The highest BCUT2D eigenvalue weighted by Crippen LogP contribution is 2.51. The number of esters is 1. The Kier molecular flexibility index (Phi) is 4.34. The molecule has 4 nitrogen and oxygen atoms in total. The predicted octanol–water partition coefficient (Wildman–Crippen LogP) is 4.28. The number of nitrogens with zero attached hydrogens (tertiary/aromatic N) is 2. The molecule has 28 heavy (non-hydrogen) atoms. The molecule has 3 aromatic rings. The van der Waals surface area contributed by atoms with Crippen LogP contribution in [0, 0.1) is 0 Å². The standard InChI is InChI=1S/C24H24N2O2/c1-25(2)21-15-9-7-13-19(21)24(20-14-8-10-16-22(20)26(3)4)18-12-6-5-11-17(18)23(27)28-24/h5-16H,1-4H3. The second-order valence-electron chi connectivity index (χ2n) is 7.44. The van der Waals surface area contributed by atoms with Crippen LogP contribution < -0.4 is 9.80 Å². The van der Waals surface area contributed by atoms with Gasteiger partial charge in [0.2, 0.25) is 0 Å². The van der Waals surface area contributed by atoms with E-state index in [1.807, 2.05) is 76.7 Å². The van der Waals surface area contributed by atoms with Crippen LogP contribution in [0.5, 0.6) is 0 Å². The van der Waals surface area contributed by atoms with Gasteiger partial charge in [-0.15, -0.1) is 0 Å². The summed E-state index contributed by atoms with van der Waals surface area (Å²) in [5.74, 6) is -0.294. The van der Waals surface area contributed by atoms with E-state index in [-0.39, 0.29) is 5.97 Å². The van der Waals surface area contributed by atoms with Crippen LogP contribution in [-0.4, -0.2) is 34.2 Å². The van der Waals surface area contributed by atoms with Crippen molar-refractivity contribution in [1.29, 1.82) is 0 Å². The van der Waals surface area contributed by atoms with Gasteiger partial charge in [-0.3, -0.25) is 0 Å². The Morgan fingerprint density at radius 1 is 0.643 bits per heavy atom. The Bertz CT molecular complexity index is 989. The van der Waals surface area contributed by atoms with Crippen molar-refractivity contribution in [2.45, 2.75) is 5.60 Å². The van der Waals surface area contributed by atoms with Crippen molar-refractivity contribution in [3.63, 3.8) is 0 Å². The number of hydrogen-bond acceptors (Lipinski definition) is 4. The van der Waals surface area contributed by atoms with Crippen LogP contribution in [0.2, 0.25) is 0 Å². The molecule has 142 valence electrons. The summed E-state index contributed by atoms with van der Waals surface area (Å²) in [5.41, 5.74) is 4.42. The number of carbonyl (C=O) groups excluding carboxylic acids is 1. The fraction of sp³-hybridized carbons (Fsp3) is 0.208. The number of benzene rings is 3. The fourth-order valence-electron chi connectivity index (χ4n) is 4.08. The van der Waals surface area contributed by atoms with Crippen LogP contribution in [0.15, 0.2) is 72.8 Å². The van der Waals surface area contributed by atoms with Gasteiger partial charge in [0, 0.05) is 56.3 Å². The molecule has 1 aliphatic heterocycles. The van der Waals surface area contributed by atoms with E-state index in [2.05, 4.69) is 34.1 Å². The lowest BCUT2D eigenvalue weighted by molar-refractivity contribution is 0.0254. The number of fused-ring (bicyclic) bond motifs is 1. The second-order valence-corrected chi connectivity index (χ2v) is 7.44. The smallest absolute Gasteiger partial charge is 0.340 e. The number of cyclic esters (lactones) is 1. The van der Waals surface area contributed by atoms with Gasteiger partial charge in [-0.2, -0.15) is 0 Å². The van der Waals surface area contributed by atoms with E-state index in [1.54, 1.807) is 0 Å². The van der Waals surface area contributed by atoms with Crippen molar-refractivity contribution in [3.8, 4) is 0 Å². The van der Waals surface area contributed by atoms with Gasteiger partial charge in [0.15, 0.2) is 5.60 Å².